The molecule has 138 valence electrons. The largest absolute Gasteiger partial charge is 0.489 e. The number of anilines is 1. The van der Waals surface area contributed by atoms with Gasteiger partial charge in [-0.1, -0.05) is 41.4 Å². The van der Waals surface area contributed by atoms with Gasteiger partial charge in [-0.2, -0.15) is 0 Å². The number of nitro benzene ring substituents is 1. The van der Waals surface area contributed by atoms with Crippen LogP contribution in [0.4, 0.5) is 11.4 Å². The van der Waals surface area contributed by atoms with E-state index in [0.717, 1.165) is 22.6 Å². The molecule has 3 aromatic rings. The molecule has 0 fully saturated rings. The molecule has 0 spiro atoms. The minimum absolute atomic E-state index is 0.0665. The van der Waals surface area contributed by atoms with Crippen LogP contribution in [-0.4, -0.2) is 4.92 Å². The van der Waals surface area contributed by atoms with Crippen molar-refractivity contribution >= 4 is 34.6 Å². The maximum atomic E-state index is 10.7. The third-order valence-electron chi connectivity index (χ3n) is 3.88. The van der Waals surface area contributed by atoms with E-state index in [1.807, 2.05) is 30.3 Å². The first-order valence-corrected chi connectivity index (χ1v) is 8.91. The number of ether oxygens (including phenoxy) is 1. The van der Waals surface area contributed by atoms with Gasteiger partial charge in [-0.15, -0.1) is 0 Å². The van der Waals surface area contributed by atoms with Crippen LogP contribution in [0.2, 0.25) is 10.0 Å². The molecule has 3 rings (SSSR count). The predicted octanol–water partition coefficient (Wildman–Crippen LogP) is 6.09. The summed E-state index contributed by atoms with van der Waals surface area (Å²) in [6.07, 6.45) is 0. The monoisotopic (exact) mass is 402 g/mol. The van der Waals surface area contributed by atoms with Crippen LogP contribution in [0, 0.1) is 10.1 Å². The van der Waals surface area contributed by atoms with E-state index in [2.05, 4.69) is 5.32 Å². The van der Waals surface area contributed by atoms with Gasteiger partial charge in [0.15, 0.2) is 0 Å². The Morgan fingerprint density at radius 3 is 2.48 bits per heavy atom. The van der Waals surface area contributed by atoms with Crippen molar-refractivity contribution in [3.63, 3.8) is 0 Å². The lowest BCUT2D eigenvalue weighted by molar-refractivity contribution is -0.384. The molecule has 0 aromatic heterocycles. The smallest absolute Gasteiger partial charge is 0.269 e. The second-order valence-corrected chi connectivity index (χ2v) is 6.67. The molecule has 3 aromatic carbocycles. The molecule has 0 unspecified atom stereocenters. The normalized spacial score (nSPS) is 10.4. The van der Waals surface area contributed by atoms with Crippen molar-refractivity contribution < 1.29 is 9.66 Å². The summed E-state index contributed by atoms with van der Waals surface area (Å²) in [7, 11) is 0. The Labute approximate surface area is 166 Å². The number of nitrogens with one attached hydrogen (secondary N) is 1. The molecular formula is C20H16Cl2N2O3. The van der Waals surface area contributed by atoms with E-state index in [9.17, 15) is 10.1 Å². The fraction of sp³-hybridized carbons (Fsp3) is 0.100. The number of non-ortho nitro benzene ring substituents is 1. The third-order valence-corrected chi connectivity index (χ3v) is 4.47. The molecule has 0 aliphatic heterocycles. The van der Waals surface area contributed by atoms with Crippen LogP contribution >= 0.6 is 23.2 Å². The molecule has 0 amide bonds. The Morgan fingerprint density at radius 2 is 1.78 bits per heavy atom. The van der Waals surface area contributed by atoms with Gasteiger partial charge in [0, 0.05) is 40.0 Å². The summed E-state index contributed by atoms with van der Waals surface area (Å²) in [4.78, 5) is 10.3. The highest BCUT2D eigenvalue weighted by Crippen LogP contribution is 2.23. The molecule has 0 atom stereocenters. The van der Waals surface area contributed by atoms with Crippen LogP contribution in [0.25, 0.3) is 0 Å². The summed E-state index contributed by atoms with van der Waals surface area (Å²) in [6.45, 7) is 0.909. The number of rotatable bonds is 7. The van der Waals surface area contributed by atoms with Crippen molar-refractivity contribution in [1.82, 2.24) is 0 Å². The molecule has 5 nitrogen and oxygen atoms in total. The summed E-state index contributed by atoms with van der Waals surface area (Å²) in [6, 6.07) is 19.3. The van der Waals surface area contributed by atoms with Gasteiger partial charge in [0.1, 0.15) is 12.4 Å². The molecule has 0 saturated heterocycles. The highest BCUT2D eigenvalue weighted by atomic mass is 35.5. The lowest BCUT2D eigenvalue weighted by atomic mass is 10.2. The van der Waals surface area contributed by atoms with Gasteiger partial charge in [-0.05, 0) is 42.0 Å². The van der Waals surface area contributed by atoms with Crippen molar-refractivity contribution in [3.8, 4) is 5.75 Å². The Hall–Kier alpha value is -2.76. The molecule has 0 saturated carbocycles. The topological polar surface area (TPSA) is 64.4 Å². The Morgan fingerprint density at radius 1 is 1.00 bits per heavy atom. The Bertz CT molecular complexity index is 946. The number of hydrogen-bond donors (Lipinski definition) is 1. The lowest BCUT2D eigenvalue weighted by Crippen LogP contribution is -2.01. The molecule has 0 aliphatic carbocycles. The van der Waals surface area contributed by atoms with Crippen LogP contribution in [0.15, 0.2) is 66.7 Å². The lowest BCUT2D eigenvalue weighted by Gasteiger charge is -2.11. The van der Waals surface area contributed by atoms with Gasteiger partial charge >= 0.3 is 0 Å². The summed E-state index contributed by atoms with van der Waals surface area (Å²) in [5, 5.41) is 15.1. The molecule has 7 heteroatoms. The minimum atomic E-state index is -0.419. The van der Waals surface area contributed by atoms with Crippen molar-refractivity contribution in [2.24, 2.45) is 0 Å². The number of nitro groups is 1. The maximum absolute atomic E-state index is 10.7. The van der Waals surface area contributed by atoms with Gasteiger partial charge < -0.3 is 10.1 Å². The van der Waals surface area contributed by atoms with Crippen LogP contribution in [0.3, 0.4) is 0 Å². The maximum Gasteiger partial charge on any atom is 0.269 e. The van der Waals surface area contributed by atoms with E-state index in [1.165, 1.54) is 12.1 Å². The second kappa shape index (κ2) is 8.75. The van der Waals surface area contributed by atoms with Crippen LogP contribution in [0.1, 0.15) is 11.1 Å². The van der Waals surface area contributed by atoms with Gasteiger partial charge in [-0.3, -0.25) is 10.1 Å². The van der Waals surface area contributed by atoms with Crippen LogP contribution in [-0.2, 0) is 13.2 Å². The third kappa shape index (κ3) is 5.36. The second-order valence-electron chi connectivity index (χ2n) is 5.83. The number of hydrogen-bond acceptors (Lipinski definition) is 4. The zero-order valence-corrected chi connectivity index (χ0v) is 15.7. The van der Waals surface area contributed by atoms with E-state index in [1.54, 1.807) is 24.3 Å². The van der Waals surface area contributed by atoms with Gasteiger partial charge in [0.05, 0.1) is 4.92 Å². The fourth-order valence-electron chi connectivity index (χ4n) is 2.45. The van der Waals surface area contributed by atoms with Crippen molar-refractivity contribution in [2.45, 2.75) is 13.2 Å². The molecule has 0 aliphatic rings. The molecule has 0 bridgehead atoms. The van der Waals surface area contributed by atoms with Crippen molar-refractivity contribution in [1.29, 1.82) is 0 Å². The number of nitrogens with zero attached hydrogens (tertiary/aromatic N) is 1. The molecule has 0 heterocycles. The number of benzene rings is 3. The summed E-state index contributed by atoms with van der Waals surface area (Å²) in [5.74, 6) is 0.726. The van der Waals surface area contributed by atoms with Gasteiger partial charge in [0.25, 0.3) is 5.69 Å². The standard InChI is InChI=1S/C20H16Cl2N2O3/c21-16-5-4-15(20(22)11-16)13-27-19-3-1-2-14(10-19)12-23-17-6-8-18(9-7-17)24(25)26/h1-11,23H,12-13H2. The SMILES string of the molecule is O=[N+]([O-])c1ccc(NCc2cccc(OCc3ccc(Cl)cc3Cl)c2)cc1. The number of halogens is 2. The van der Waals surface area contributed by atoms with E-state index in [0.29, 0.717) is 23.2 Å². The van der Waals surface area contributed by atoms with E-state index >= 15 is 0 Å². The predicted molar refractivity (Wildman–Crippen MR) is 108 cm³/mol. The van der Waals surface area contributed by atoms with Crippen molar-refractivity contribution in [2.75, 3.05) is 5.32 Å². The van der Waals surface area contributed by atoms with E-state index < -0.39 is 4.92 Å². The van der Waals surface area contributed by atoms with Crippen molar-refractivity contribution in [3.05, 3.63) is 98.0 Å². The summed E-state index contributed by atoms with van der Waals surface area (Å²) < 4.78 is 5.82. The van der Waals surface area contributed by atoms with Crippen LogP contribution < -0.4 is 10.1 Å². The van der Waals surface area contributed by atoms with Crippen LogP contribution in [0.5, 0.6) is 5.75 Å². The zero-order chi connectivity index (χ0) is 19.2. The first-order chi connectivity index (χ1) is 13.0. The minimum Gasteiger partial charge on any atom is -0.489 e. The first-order valence-electron chi connectivity index (χ1n) is 8.15. The van der Waals surface area contributed by atoms with Gasteiger partial charge in [0.2, 0.25) is 0 Å². The molecule has 1 N–H and O–H groups in total. The first kappa shape index (κ1) is 19.0. The average molecular weight is 403 g/mol. The molecule has 27 heavy (non-hydrogen) atoms. The van der Waals surface area contributed by atoms with E-state index in [-0.39, 0.29) is 5.69 Å². The molecular weight excluding hydrogens is 387 g/mol. The fourth-order valence-corrected chi connectivity index (χ4v) is 2.91. The summed E-state index contributed by atoms with van der Waals surface area (Å²) in [5.41, 5.74) is 2.75. The summed E-state index contributed by atoms with van der Waals surface area (Å²) >= 11 is 12.1. The highest BCUT2D eigenvalue weighted by molar-refractivity contribution is 6.35. The average Bonchev–Trinajstić information content (AvgIpc) is 2.66. The van der Waals surface area contributed by atoms with Gasteiger partial charge in [-0.25, -0.2) is 0 Å². The Balaban J connectivity index is 1.59. The zero-order valence-electron chi connectivity index (χ0n) is 14.2. The quantitative estimate of drug-likeness (QED) is 0.383. The molecule has 0 radical (unpaired) electrons. The Kier molecular flexibility index (Phi) is 6.16. The highest BCUT2D eigenvalue weighted by Gasteiger charge is 2.05. The van der Waals surface area contributed by atoms with E-state index in [4.69, 9.17) is 27.9 Å².